The number of pyridine rings is 1. The molecule has 0 saturated carbocycles. The number of aryl methyl sites for hydroxylation is 2. The van der Waals surface area contributed by atoms with E-state index in [1.807, 2.05) is 19.3 Å². The van der Waals surface area contributed by atoms with Gasteiger partial charge in [-0.05, 0) is 63.4 Å². The molecule has 1 aliphatic heterocycles. The van der Waals surface area contributed by atoms with E-state index in [9.17, 15) is 9.59 Å². The van der Waals surface area contributed by atoms with Gasteiger partial charge in [0.05, 0.1) is 11.1 Å². The summed E-state index contributed by atoms with van der Waals surface area (Å²) in [6, 6.07) is 11.7. The molecule has 5 heteroatoms. The van der Waals surface area contributed by atoms with Crippen LogP contribution >= 0.6 is 0 Å². The highest BCUT2D eigenvalue weighted by Crippen LogP contribution is 2.22. The van der Waals surface area contributed by atoms with E-state index in [-0.39, 0.29) is 11.8 Å². The SMILES string of the molecule is CNC(C)CCc1ccc(CCCN2C(=O)c3ccccc3C2=O)nc1. The summed E-state index contributed by atoms with van der Waals surface area (Å²) in [5, 5.41) is 3.23. The zero-order valence-electron chi connectivity index (χ0n) is 15.4. The lowest BCUT2D eigenvalue weighted by Crippen LogP contribution is -2.31. The van der Waals surface area contributed by atoms with Crippen LogP contribution in [0.4, 0.5) is 0 Å². The van der Waals surface area contributed by atoms with Crippen molar-refractivity contribution in [3.05, 3.63) is 65.0 Å². The molecule has 2 amide bonds. The number of hydrogen-bond donors (Lipinski definition) is 1. The molecule has 2 aromatic rings. The fourth-order valence-electron chi connectivity index (χ4n) is 3.14. The molecule has 1 atom stereocenters. The van der Waals surface area contributed by atoms with Crippen LogP contribution in [0.25, 0.3) is 0 Å². The van der Waals surface area contributed by atoms with E-state index in [0.29, 0.717) is 30.1 Å². The molecule has 0 fully saturated rings. The van der Waals surface area contributed by atoms with E-state index in [4.69, 9.17) is 0 Å². The Kier molecular flexibility index (Phi) is 5.78. The predicted octanol–water partition coefficient (Wildman–Crippen LogP) is 2.85. The lowest BCUT2D eigenvalue weighted by Gasteiger charge is -2.13. The molecular weight excluding hydrogens is 326 g/mol. The zero-order valence-corrected chi connectivity index (χ0v) is 15.4. The molecule has 1 aromatic heterocycles. The topological polar surface area (TPSA) is 62.3 Å². The number of carbonyl (C=O) groups is 2. The molecule has 3 rings (SSSR count). The number of carbonyl (C=O) groups excluding carboxylic acids is 2. The van der Waals surface area contributed by atoms with Crippen LogP contribution < -0.4 is 5.32 Å². The van der Waals surface area contributed by atoms with Gasteiger partial charge in [0.15, 0.2) is 0 Å². The predicted molar refractivity (Wildman–Crippen MR) is 101 cm³/mol. The Hall–Kier alpha value is -2.53. The number of aromatic nitrogens is 1. The van der Waals surface area contributed by atoms with Gasteiger partial charge in [0, 0.05) is 24.5 Å². The number of fused-ring (bicyclic) bond motifs is 1. The van der Waals surface area contributed by atoms with Gasteiger partial charge in [-0.1, -0.05) is 18.2 Å². The molecule has 26 heavy (non-hydrogen) atoms. The molecule has 0 bridgehead atoms. The Morgan fingerprint density at radius 1 is 1.04 bits per heavy atom. The van der Waals surface area contributed by atoms with Crippen molar-refractivity contribution in [2.45, 2.75) is 38.6 Å². The van der Waals surface area contributed by atoms with Crippen LogP contribution in [0.5, 0.6) is 0 Å². The maximum absolute atomic E-state index is 12.3. The maximum Gasteiger partial charge on any atom is 0.261 e. The number of nitrogens with one attached hydrogen (secondary N) is 1. The molecule has 0 aliphatic carbocycles. The minimum Gasteiger partial charge on any atom is -0.317 e. The average Bonchev–Trinajstić information content (AvgIpc) is 2.92. The number of hydrogen-bond acceptors (Lipinski definition) is 4. The van der Waals surface area contributed by atoms with Gasteiger partial charge in [-0.3, -0.25) is 19.5 Å². The minimum atomic E-state index is -0.187. The molecule has 136 valence electrons. The fraction of sp³-hybridized carbons (Fsp3) is 0.381. The first-order valence-corrected chi connectivity index (χ1v) is 9.16. The van der Waals surface area contributed by atoms with Gasteiger partial charge in [-0.25, -0.2) is 0 Å². The summed E-state index contributed by atoms with van der Waals surface area (Å²) < 4.78 is 0. The van der Waals surface area contributed by atoms with Gasteiger partial charge in [0.1, 0.15) is 0 Å². The highest BCUT2D eigenvalue weighted by atomic mass is 16.2. The third-order valence-corrected chi connectivity index (χ3v) is 4.94. The molecule has 1 aromatic carbocycles. The lowest BCUT2D eigenvalue weighted by molar-refractivity contribution is 0.0652. The number of benzene rings is 1. The molecule has 5 nitrogen and oxygen atoms in total. The van der Waals surface area contributed by atoms with Crippen LogP contribution in [-0.2, 0) is 12.8 Å². The number of rotatable bonds is 8. The Morgan fingerprint density at radius 3 is 2.31 bits per heavy atom. The number of nitrogens with zero attached hydrogens (tertiary/aromatic N) is 2. The van der Waals surface area contributed by atoms with Crippen molar-refractivity contribution in [3.63, 3.8) is 0 Å². The average molecular weight is 351 g/mol. The monoisotopic (exact) mass is 351 g/mol. The van der Waals surface area contributed by atoms with Crippen molar-refractivity contribution in [3.8, 4) is 0 Å². The van der Waals surface area contributed by atoms with Crippen LogP contribution in [0, 0.1) is 0 Å². The standard InChI is InChI=1S/C21H25N3O2/c1-15(22-2)9-10-16-11-12-17(23-14-16)6-5-13-24-20(25)18-7-3-4-8-19(18)21(24)26/h3-4,7-8,11-12,14-15,22H,5-6,9-10,13H2,1-2H3. The molecule has 1 N–H and O–H groups in total. The van der Waals surface area contributed by atoms with Gasteiger partial charge in [-0.15, -0.1) is 0 Å². The van der Waals surface area contributed by atoms with Crippen LogP contribution in [-0.4, -0.2) is 41.3 Å². The van der Waals surface area contributed by atoms with Crippen molar-refractivity contribution in [1.82, 2.24) is 15.2 Å². The van der Waals surface area contributed by atoms with E-state index >= 15 is 0 Å². The summed E-state index contributed by atoms with van der Waals surface area (Å²) in [5.41, 5.74) is 3.25. The lowest BCUT2D eigenvalue weighted by atomic mass is 10.1. The molecular formula is C21H25N3O2. The quantitative estimate of drug-likeness (QED) is 0.743. The molecule has 1 unspecified atom stereocenters. The highest BCUT2D eigenvalue weighted by molar-refractivity contribution is 6.21. The second-order valence-electron chi connectivity index (χ2n) is 6.80. The summed E-state index contributed by atoms with van der Waals surface area (Å²) in [4.78, 5) is 30.5. The van der Waals surface area contributed by atoms with Gasteiger partial charge >= 0.3 is 0 Å². The summed E-state index contributed by atoms with van der Waals surface area (Å²) in [7, 11) is 1.97. The summed E-state index contributed by atoms with van der Waals surface area (Å²) in [5.74, 6) is -0.375. The second kappa shape index (κ2) is 8.23. The Balaban J connectivity index is 1.50. The van der Waals surface area contributed by atoms with Gasteiger partial charge in [0.25, 0.3) is 11.8 Å². The van der Waals surface area contributed by atoms with Crippen LogP contribution in [0.3, 0.4) is 0 Å². The molecule has 0 spiro atoms. The number of amides is 2. The number of imide groups is 1. The van der Waals surface area contributed by atoms with Gasteiger partial charge in [0.2, 0.25) is 0 Å². The highest BCUT2D eigenvalue weighted by Gasteiger charge is 2.34. The summed E-state index contributed by atoms with van der Waals surface area (Å²) >= 11 is 0. The Morgan fingerprint density at radius 2 is 1.73 bits per heavy atom. The van der Waals surface area contributed by atoms with Gasteiger partial charge in [-0.2, -0.15) is 0 Å². The zero-order chi connectivity index (χ0) is 18.5. The largest absolute Gasteiger partial charge is 0.317 e. The van der Waals surface area contributed by atoms with Crippen molar-refractivity contribution in [1.29, 1.82) is 0 Å². The minimum absolute atomic E-state index is 0.187. The second-order valence-corrected chi connectivity index (χ2v) is 6.80. The molecule has 2 heterocycles. The van der Waals surface area contributed by atoms with E-state index in [0.717, 1.165) is 25.0 Å². The molecule has 0 saturated heterocycles. The third-order valence-electron chi connectivity index (χ3n) is 4.94. The van der Waals surface area contributed by atoms with Crippen LogP contribution in [0.1, 0.15) is 51.7 Å². The van der Waals surface area contributed by atoms with Crippen molar-refractivity contribution < 1.29 is 9.59 Å². The smallest absolute Gasteiger partial charge is 0.261 e. The first-order valence-electron chi connectivity index (χ1n) is 9.16. The van der Waals surface area contributed by atoms with Crippen molar-refractivity contribution >= 4 is 11.8 Å². The van der Waals surface area contributed by atoms with Crippen LogP contribution in [0.15, 0.2) is 42.6 Å². The van der Waals surface area contributed by atoms with E-state index < -0.39 is 0 Å². The van der Waals surface area contributed by atoms with Gasteiger partial charge < -0.3 is 5.32 Å². The Labute approximate surface area is 154 Å². The summed E-state index contributed by atoms with van der Waals surface area (Å²) in [6.45, 7) is 2.59. The van der Waals surface area contributed by atoms with E-state index in [1.165, 1.54) is 10.5 Å². The van der Waals surface area contributed by atoms with E-state index in [2.05, 4.69) is 23.3 Å². The fourth-order valence-corrected chi connectivity index (χ4v) is 3.14. The normalized spacial score (nSPS) is 14.6. The molecule has 1 aliphatic rings. The first kappa shape index (κ1) is 18.3. The third kappa shape index (κ3) is 3.99. The van der Waals surface area contributed by atoms with Crippen molar-refractivity contribution in [2.24, 2.45) is 0 Å². The van der Waals surface area contributed by atoms with Crippen molar-refractivity contribution in [2.75, 3.05) is 13.6 Å². The summed E-state index contributed by atoms with van der Waals surface area (Å²) in [6.07, 6.45) is 5.48. The maximum atomic E-state index is 12.3. The van der Waals surface area contributed by atoms with Crippen LogP contribution in [0.2, 0.25) is 0 Å². The molecule has 0 radical (unpaired) electrons. The first-order chi connectivity index (χ1) is 12.6. The van der Waals surface area contributed by atoms with E-state index in [1.54, 1.807) is 24.3 Å². The Bertz CT molecular complexity index is 751.